The third-order valence-corrected chi connectivity index (χ3v) is 8.97. The molecule has 0 aliphatic carbocycles. The molecule has 4 aliphatic heterocycles. The predicted molar refractivity (Wildman–Crippen MR) is 134 cm³/mol. The molecule has 2 saturated heterocycles. The van der Waals surface area contributed by atoms with E-state index in [1.54, 1.807) is 30.0 Å². The SMILES string of the molecule is O=C(c1ccc2c(c1)OCO2)C1C(c2cccc(Cl)c2)C2CSCN2C12C(=O)Nc1ccccc12. The number of ketones is 1. The second-order valence-electron chi connectivity index (χ2n) is 9.29. The average Bonchev–Trinajstić information content (AvgIpc) is 3.62. The van der Waals surface area contributed by atoms with Crippen LogP contribution in [0.3, 0.4) is 0 Å². The molecule has 7 rings (SSSR count). The number of thioether (sulfide) groups is 1. The number of hydrogen-bond donors (Lipinski definition) is 1. The molecule has 0 bridgehead atoms. The van der Waals surface area contributed by atoms with Crippen molar-refractivity contribution in [3.05, 3.63) is 88.4 Å². The number of carbonyl (C=O) groups is 2. The molecule has 4 unspecified atom stereocenters. The Labute approximate surface area is 211 Å². The molecule has 4 aliphatic rings. The van der Waals surface area contributed by atoms with Crippen molar-refractivity contribution >= 4 is 40.7 Å². The molecule has 1 amide bonds. The number of rotatable bonds is 3. The Morgan fingerprint density at radius 3 is 2.80 bits per heavy atom. The lowest BCUT2D eigenvalue weighted by molar-refractivity contribution is -0.127. The van der Waals surface area contributed by atoms with E-state index in [-0.39, 0.29) is 30.4 Å². The molecular formula is C27H21ClN2O4S. The molecule has 4 atom stereocenters. The summed E-state index contributed by atoms with van der Waals surface area (Å²) in [4.78, 5) is 30.8. The normalized spacial score (nSPS) is 28.3. The van der Waals surface area contributed by atoms with Crippen LogP contribution in [-0.2, 0) is 10.3 Å². The zero-order chi connectivity index (χ0) is 23.7. The average molecular weight is 505 g/mol. The molecule has 1 N–H and O–H groups in total. The van der Waals surface area contributed by atoms with Gasteiger partial charge in [-0.15, -0.1) is 11.8 Å². The van der Waals surface area contributed by atoms with Crippen LogP contribution in [0.5, 0.6) is 11.5 Å². The van der Waals surface area contributed by atoms with Crippen molar-refractivity contribution in [1.82, 2.24) is 4.90 Å². The lowest BCUT2D eigenvalue weighted by atomic mass is 9.69. The van der Waals surface area contributed by atoms with E-state index in [2.05, 4.69) is 10.2 Å². The monoisotopic (exact) mass is 504 g/mol. The van der Waals surface area contributed by atoms with Gasteiger partial charge in [0.05, 0.1) is 5.92 Å². The van der Waals surface area contributed by atoms with Gasteiger partial charge in [0.15, 0.2) is 17.3 Å². The van der Waals surface area contributed by atoms with Crippen LogP contribution in [0.2, 0.25) is 5.02 Å². The number of hydrogen-bond acceptors (Lipinski definition) is 6. The first-order valence-electron chi connectivity index (χ1n) is 11.5. The summed E-state index contributed by atoms with van der Waals surface area (Å²) in [5, 5.41) is 3.71. The Morgan fingerprint density at radius 1 is 1.06 bits per heavy atom. The fraction of sp³-hybridized carbons (Fsp3) is 0.259. The summed E-state index contributed by atoms with van der Waals surface area (Å²) in [5.41, 5.74) is 2.01. The molecule has 8 heteroatoms. The van der Waals surface area contributed by atoms with Gasteiger partial charge in [-0.1, -0.05) is 41.9 Å². The van der Waals surface area contributed by atoms with E-state index >= 15 is 0 Å². The zero-order valence-electron chi connectivity index (χ0n) is 18.6. The molecule has 176 valence electrons. The number of benzene rings is 3. The van der Waals surface area contributed by atoms with Crippen LogP contribution in [0.1, 0.15) is 27.4 Å². The van der Waals surface area contributed by atoms with E-state index in [4.69, 9.17) is 21.1 Å². The Kier molecular flexibility index (Phi) is 4.72. The van der Waals surface area contributed by atoms with E-state index in [1.807, 2.05) is 48.5 Å². The molecule has 4 heterocycles. The quantitative estimate of drug-likeness (QED) is 0.512. The predicted octanol–water partition coefficient (Wildman–Crippen LogP) is 4.89. The highest BCUT2D eigenvalue weighted by Crippen LogP contribution is 2.61. The molecule has 1 spiro atoms. The zero-order valence-corrected chi connectivity index (χ0v) is 20.1. The van der Waals surface area contributed by atoms with Crippen LogP contribution < -0.4 is 14.8 Å². The molecular weight excluding hydrogens is 484 g/mol. The summed E-state index contributed by atoms with van der Waals surface area (Å²) in [6.45, 7) is 0.133. The fourth-order valence-electron chi connectivity index (χ4n) is 6.35. The van der Waals surface area contributed by atoms with Gasteiger partial charge >= 0.3 is 0 Å². The second-order valence-corrected chi connectivity index (χ2v) is 10.7. The number of para-hydroxylation sites is 1. The van der Waals surface area contributed by atoms with E-state index in [0.29, 0.717) is 28.0 Å². The van der Waals surface area contributed by atoms with Crippen molar-refractivity contribution in [3.63, 3.8) is 0 Å². The van der Waals surface area contributed by atoms with Gasteiger partial charge in [-0.25, -0.2) is 0 Å². The Balaban J connectivity index is 1.47. The number of nitrogens with zero attached hydrogens (tertiary/aromatic N) is 1. The van der Waals surface area contributed by atoms with Gasteiger partial charge in [-0.2, -0.15) is 0 Å². The highest BCUT2D eigenvalue weighted by Gasteiger charge is 2.69. The first-order chi connectivity index (χ1) is 17.1. The number of halogens is 1. The minimum Gasteiger partial charge on any atom is -0.454 e. The molecule has 3 aromatic carbocycles. The third kappa shape index (κ3) is 2.89. The maximum atomic E-state index is 14.5. The Morgan fingerprint density at radius 2 is 1.91 bits per heavy atom. The van der Waals surface area contributed by atoms with E-state index < -0.39 is 11.5 Å². The van der Waals surface area contributed by atoms with Gasteiger partial charge in [0, 0.05) is 45.4 Å². The van der Waals surface area contributed by atoms with Crippen LogP contribution in [0.4, 0.5) is 5.69 Å². The largest absolute Gasteiger partial charge is 0.454 e. The summed E-state index contributed by atoms with van der Waals surface area (Å²) in [6.07, 6.45) is 0. The smallest absolute Gasteiger partial charge is 0.250 e. The summed E-state index contributed by atoms with van der Waals surface area (Å²) in [5.74, 6) is 1.60. The van der Waals surface area contributed by atoms with Gasteiger partial charge in [-0.3, -0.25) is 14.5 Å². The van der Waals surface area contributed by atoms with Crippen LogP contribution in [0, 0.1) is 5.92 Å². The van der Waals surface area contributed by atoms with Crippen LogP contribution >= 0.6 is 23.4 Å². The molecule has 0 saturated carbocycles. The van der Waals surface area contributed by atoms with Gasteiger partial charge < -0.3 is 14.8 Å². The topological polar surface area (TPSA) is 67.9 Å². The number of anilines is 1. The molecule has 35 heavy (non-hydrogen) atoms. The van der Waals surface area contributed by atoms with Crippen molar-refractivity contribution in [2.24, 2.45) is 5.92 Å². The summed E-state index contributed by atoms with van der Waals surface area (Å²) < 4.78 is 11.0. The van der Waals surface area contributed by atoms with Gasteiger partial charge in [0.25, 0.3) is 0 Å². The van der Waals surface area contributed by atoms with Gasteiger partial charge in [0.1, 0.15) is 5.54 Å². The summed E-state index contributed by atoms with van der Waals surface area (Å²) in [6, 6.07) is 20.7. The maximum Gasteiger partial charge on any atom is 0.250 e. The molecule has 0 aromatic heterocycles. The van der Waals surface area contributed by atoms with Crippen molar-refractivity contribution in [3.8, 4) is 11.5 Å². The van der Waals surface area contributed by atoms with Crippen LogP contribution in [0.15, 0.2) is 66.7 Å². The number of carbonyl (C=O) groups excluding carboxylic acids is 2. The second kappa shape index (κ2) is 7.75. The first kappa shape index (κ1) is 21.3. The number of fused-ring (bicyclic) bond motifs is 5. The number of nitrogens with one attached hydrogen (secondary N) is 1. The Hall–Kier alpha value is -3.00. The Bertz CT molecular complexity index is 1400. The molecule has 6 nitrogen and oxygen atoms in total. The summed E-state index contributed by atoms with van der Waals surface area (Å²) >= 11 is 8.22. The lowest BCUT2D eigenvalue weighted by Gasteiger charge is -2.36. The van der Waals surface area contributed by atoms with Crippen LogP contribution in [0.25, 0.3) is 0 Å². The van der Waals surface area contributed by atoms with Crippen LogP contribution in [-0.4, -0.2) is 41.1 Å². The first-order valence-corrected chi connectivity index (χ1v) is 13.1. The number of Topliss-reactive ketones (excluding diaryl/α,β-unsaturated/α-hetero) is 1. The minimum absolute atomic E-state index is 0.0123. The highest BCUT2D eigenvalue weighted by atomic mass is 35.5. The van der Waals surface area contributed by atoms with E-state index in [0.717, 1.165) is 22.6 Å². The third-order valence-electron chi connectivity index (χ3n) is 7.70. The van der Waals surface area contributed by atoms with Crippen molar-refractivity contribution in [2.45, 2.75) is 17.5 Å². The number of ether oxygens (including phenoxy) is 2. The van der Waals surface area contributed by atoms with Crippen molar-refractivity contribution in [1.29, 1.82) is 0 Å². The highest BCUT2D eigenvalue weighted by molar-refractivity contribution is 7.99. The van der Waals surface area contributed by atoms with Crippen molar-refractivity contribution in [2.75, 3.05) is 23.7 Å². The van der Waals surface area contributed by atoms with Gasteiger partial charge in [0.2, 0.25) is 12.7 Å². The fourth-order valence-corrected chi connectivity index (χ4v) is 7.87. The van der Waals surface area contributed by atoms with Crippen molar-refractivity contribution < 1.29 is 19.1 Å². The lowest BCUT2D eigenvalue weighted by Crippen LogP contribution is -2.52. The summed E-state index contributed by atoms with van der Waals surface area (Å²) in [7, 11) is 0. The molecule has 2 fully saturated rings. The number of amides is 1. The van der Waals surface area contributed by atoms with Gasteiger partial charge in [-0.05, 0) is 42.0 Å². The van der Waals surface area contributed by atoms with E-state index in [1.165, 1.54) is 0 Å². The standard InChI is InChI=1S/C27H21ClN2O4S/c28-17-5-3-4-15(10-17)23-20-12-35-13-30(20)27(18-6-1-2-7-19(18)29-26(27)32)24(23)25(31)16-8-9-21-22(11-16)34-14-33-21/h1-11,20,23-24H,12-14H2,(H,29,32). The minimum atomic E-state index is -1.11. The molecule has 3 aromatic rings. The molecule has 0 radical (unpaired) electrons. The maximum absolute atomic E-state index is 14.5. The van der Waals surface area contributed by atoms with E-state index in [9.17, 15) is 9.59 Å².